The molecule has 31 heavy (non-hydrogen) atoms. The predicted molar refractivity (Wildman–Crippen MR) is 119 cm³/mol. The van der Waals surface area contributed by atoms with Crippen molar-refractivity contribution in [3.8, 4) is 5.75 Å². The van der Waals surface area contributed by atoms with Gasteiger partial charge in [0.2, 0.25) is 0 Å². The Balaban J connectivity index is 1.63. The summed E-state index contributed by atoms with van der Waals surface area (Å²) in [5.74, 6) is -0.105. The van der Waals surface area contributed by atoms with Crippen LogP contribution in [0.1, 0.15) is 40.4 Å². The zero-order chi connectivity index (χ0) is 22.0. The van der Waals surface area contributed by atoms with Crippen molar-refractivity contribution in [3.63, 3.8) is 0 Å². The zero-order valence-electron chi connectivity index (χ0n) is 17.7. The molecule has 1 atom stereocenters. The maximum atomic E-state index is 13.4. The van der Waals surface area contributed by atoms with Gasteiger partial charge in [-0.25, -0.2) is 0 Å². The van der Waals surface area contributed by atoms with Crippen LogP contribution in [0, 0.1) is 6.92 Å². The first-order chi connectivity index (χ1) is 14.9. The third-order valence-corrected chi connectivity index (χ3v) is 5.73. The van der Waals surface area contributed by atoms with Crippen LogP contribution in [-0.4, -0.2) is 23.4 Å². The summed E-state index contributed by atoms with van der Waals surface area (Å²) in [7, 11) is 0. The molecule has 0 aliphatic carbocycles. The molecule has 5 heteroatoms. The van der Waals surface area contributed by atoms with E-state index in [0.29, 0.717) is 35.7 Å². The maximum Gasteiger partial charge on any atom is 0.264 e. The number of carbonyl (C=O) groups excluding carboxylic acids is 2. The zero-order valence-corrected chi connectivity index (χ0v) is 17.7. The summed E-state index contributed by atoms with van der Waals surface area (Å²) in [6, 6.07) is 21.7. The molecule has 0 unspecified atom stereocenters. The van der Waals surface area contributed by atoms with Crippen LogP contribution in [0.3, 0.4) is 0 Å². The van der Waals surface area contributed by atoms with Crippen LogP contribution < -0.4 is 9.64 Å². The first-order valence-corrected chi connectivity index (χ1v) is 10.4. The number of para-hydroxylation sites is 1. The Kier molecular flexibility index (Phi) is 5.61. The van der Waals surface area contributed by atoms with Crippen LogP contribution in [0.2, 0.25) is 0 Å². The Bertz CT molecular complexity index is 1120. The molecular formula is C26H25NO4. The number of anilines is 1. The minimum Gasteiger partial charge on any atom is -0.494 e. The molecule has 0 fully saturated rings. The van der Waals surface area contributed by atoms with E-state index < -0.39 is 11.5 Å². The number of fused-ring (bicyclic) bond motifs is 1. The second kappa shape index (κ2) is 8.36. The highest BCUT2D eigenvalue weighted by Crippen LogP contribution is 2.43. The molecule has 0 radical (unpaired) electrons. The minimum atomic E-state index is -1.89. The van der Waals surface area contributed by atoms with E-state index in [9.17, 15) is 14.7 Å². The fourth-order valence-electron chi connectivity index (χ4n) is 4.03. The van der Waals surface area contributed by atoms with Gasteiger partial charge in [-0.1, -0.05) is 42.5 Å². The van der Waals surface area contributed by atoms with Crippen molar-refractivity contribution < 1.29 is 19.4 Å². The first kappa shape index (κ1) is 20.8. The summed E-state index contributed by atoms with van der Waals surface area (Å²) < 4.78 is 5.42. The standard InChI is InChI=1S/C26H25NO4/c1-3-31-21-14-12-19(13-15-21)24(28)16-26(30)22-10-6-7-11-23(22)27(25(26)29)17-20-9-5-4-8-18(20)2/h4-15,30H,3,16-17H2,1-2H3/t26-/m0/s1. The van der Waals surface area contributed by atoms with Gasteiger partial charge >= 0.3 is 0 Å². The Morgan fingerprint density at radius 2 is 1.68 bits per heavy atom. The lowest BCUT2D eigenvalue weighted by Crippen LogP contribution is -2.41. The van der Waals surface area contributed by atoms with Crippen LogP contribution >= 0.6 is 0 Å². The molecule has 1 aliphatic heterocycles. The lowest BCUT2D eigenvalue weighted by atomic mass is 9.88. The van der Waals surface area contributed by atoms with Crippen molar-refractivity contribution in [2.24, 2.45) is 0 Å². The van der Waals surface area contributed by atoms with Gasteiger partial charge in [-0.05, 0) is 55.3 Å². The average Bonchev–Trinajstić information content (AvgIpc) is 2.98. The van der Waals surface area contributed by atoms with Gasteiger partial charge in [0.05, 0.1) is 25.3 Å². The largest absolute Gasteiger partial charge is 0.494 e. The number of benzene rings is 3. The molecule has 3 aromatic carbocycles. The Hall–Kier alpha value is -3.44. The summed E-state index contributed by atoms with van der Waals surface area (Å²) in [5, 5.41) is 11.5. The van der Waals surface area contributed by atoms with Crippen molar-refractivity contribution in [1.29, 1.82) is 0 Å². The SMILES string of the molecule is CCOc1ccc(C(=O)C[C@@]2(O)C(=O)N(Cc3ccccc3C)c3ccccc32)cc1. The second-order valence-corrected chi connectivity index (χ2v) is 7.75. The molecule has 3 aromatic rings. The van der Waals surface area contributed by atoms with Gasteiger partial charge < -0.3 is 14.7 Å². The van der Waals surface area contributed by atoms with Gasteiger partial charge in [-0.3, -0.25) is 9.59 Å². The van der Waals surface area contributed by atoms with E-state index in [0.717, 1.165) is 11.1 Å². The number of rotatable bonds is 7. The summed E-state index contributed by atoms with van der Waals surface area (Å²) in [5.41, 5.74) is 1.70. The highest BCUT2D eigenvalue weighted by atomic mass is 16.5. The van der Waals surface area contributed by atoms with Crippen molar-refractivity contribution in [1.82, 2.24) is 0 Å². The minimum absolute atomic E-state index is 0.300. The van der Waals surface area contributed by atoms with E-state index in [1.807, 2.05) is 50.2 Å². The van der Waals surface area contributed by atoms with Crippen LogP contribution in [0.15, 0.2) is 72.8 Å². The predicted octanol–water partition coefficient (Wildman–Crippen LogP) is 4.40. The second-order valence-electron chi connectivity index (χ2n) is 7.75. The lowest BCUT2D eigenvalue weighted by Gasteiger charge is -2.23. The number of carbonyl (C=O) groups is 2. The van der Waals surface area contributed by atoms with E-state index in [4.69, 9.17) is 4.74 Å². The number of amides is 1. The molecule has 0 saturated heterocycles. The number of aryl methyl sites for hydroxylation is 1. The fourth-order valence-corrected chi connectivity index (χ4v) is 4.03. The van der Waals surface area contributed by atoms with E-state index in [1.165, 1.54) is 0 Å². The van der Waals surface area contributed by atoms with Gasteiger partial charge in [0, 0.05) is 11.1 Å². The smallest absolute Gasteiger partial charge is 0.264 e. The van der Waals surface area contributed by atoms with Gasteiger partial charge in [0.25, 0.3) is 5.91 Å². The van der Waals surface area contributed by atoms with Gasteiger partial charge in [0.15, 0.2) is 11.4 Å². The molecule has 0 bridgehead atoms. The van der Waals surface area contributed by atoms with Gasteiger partial charge in [-0.15, -0.1) is 0 Å². The molecule has 0 saturated carbocycles. The molecule has 5 nitrogen and oxygen atoms in total. The highest BCUT2D eigenvalue weighted by Gasteiger charge is 2.50. The number of ether oxygens (including phenoxy) is 1. The fraction of sp³-hybridized carbons (Fsp3) is 0.231. The van der Waals surface area contributed by atoms with E-state index in [-0.39, 0.29) is 12.2 Å². The van der Waals surface area contributed by atoms with Crippen molar-refractivity contribution in [2.45, 2.75) is 32.4 Å². The summed E-state index contributed by atoms with van der Waals surface area (Å²) in [6.07, 6.45) is -0.318. The highest BCUT2D eigenvalue weighted by molar-refractivity contribution is 6.10. The normalized spacial score (nSPS) is 17.5. The molecule has 1 N–H and O–H groups in total. The molecule has 158 valence electrons. The quantitative estimate of drug-likeness (QED) is 0.581. The molecule has 0 spiro atoms. The number of ketones is 1. The monoisotopic (exact) mass is 415 g/mol. The molecule has 1 amide bonds. The first-order valence-electron chi connectivity index (χ1n) is 10.4. The van der Waals surface area contributed by atoms with Crippen LogP contribution in [0.25, 0.3) is 0 Å². The molecule has 0 aromatic heterocycles. The molecular weight excluding hydrogens is 390 g/mol. The summed E-state index contributed by atoms with van der Waals surface area (Å²) >= 11 is 0. The van der Waals surface area contributed by atoms with E-state index in [1.54, 1.807) is 41.3 Å². The van der Waals surface area contributed by atoms with Gasteiger partial charge in [0.1, 0.15) is 5.75 Å². The third kappa shape index (κ3) is 3.84. The topological polar surface area (TPSA) is 66.8 Å². The number of hydrogen-bond donors (Lipinski definition) is 1. The van der Waals surface area contributed by atoms with E-state index >= 15 is 0 Å². The lowest BCUT2D eigenvalue weighted by molar-refractivity contribution is -0.136. The van der Waals surface area contributed by atoms with Crippen molar-refractivity contribution in [2.75, 3.05) is 11.5 Å². The number of hydrogen-bond acceptors (Lipinski definition) is 4. The molecule has 4 rings (SSSR count). The number of nitrogens with zero attached hydrogens (tertiary/aromatic N) is 1. The Morgan fingerprint density at radius 1 is 1.00 bits per heavy atom. The van der Waals surface area contributed by atoms with E-state index in [2.05, 4.69) is 0 Å². The van der Waals surface area contributed by atoms with Crippen LogP contribution in [0.5, 0.6) is 5.75 Å². The van der Waals surface area contributed by atoms with Crippen molar-refractivity contribution in [3.05, 3.63) is 95.1 Å². The molecule has 1 aliphatic rings. The van der Waals surface area contributed by atoms with Crippen LogP contribution in [-0.2, 0) is 16.9 Å². The van der Waals surface area contributed by atoms with Crippen molar-refractivity contribution >= 4 is 17.4 Å². The summed E-state index contributed by atoms with van der Waals surface area (Å²) in [6.45, 7) is 4.75. The Morgan fingerprint density at radius 3 is 2.39 bits per heavy atom. The van der Waals surface area contributed by atoms with Gasteiger partial charge in [-0.2, -0.15) is 0 Å². The Labute approximate surface area is 181 Å². The summed E-state index contributed by atoms with van der Waals surface area (Å²) in [4.78, 5) is 28.0. The van der Waals surface area contributed by atoms with Crippen LogP contribution in [0.4, 0.5) is 5.69 Å². The average molecular weight is 415 g/mol. The number of Topliss-reactive ketones (excluding diaryl/α,β-unsaturated/α-hetero) is 1. The molecule has 1 heterocycles. The third-order valence-electron chi connectivity index (χ3n) is 5.73. The maximum absolute atomic E-state index is 13.4. The number of aliphatic hydroxyl groups is 1.